The molecule has 4 rings (SSSR count). The lowest BCUT2D eigenvalue weighted by atomic mass is 9.93. The van der Waals surface area contributed by atoms with Crippen molar-refractivity contribution in [3.63, 3.8) is 0 Å². The second kappa shape index (κ2) is 11.7. The molecule has 1 saturated heterocycles. The summed E-state index contributed by atoms with van der Waals surface area (Å²) in [6, 6.07) is 4.11. The van der Waals surface area contributed by atoms with E-state index in [9.17, 15) is 23.1 Å². The molecule has 1 aromatic heterocycles. The van der Waals surface area contributed by atoms with Crippen LogP contribution in [0.3, 0.4) is 0 Å². The van der Waals surface area contributed by atoms with Crippen molar-refractivity contribution in [2.45, 2.75) is 64.3 Å². The molecule has 12 heteroatoms. The lowest BCUT2D eigenvalue weighted by molar-refractivity contribution is -0.137. The first-order valence-corrected chi connectivity index (χ1v) is 13.2. The molecule has 1 amide bonds. The summed E-state index contributed by atoms with van der Waals surface area (Å²) in [6.07, 6.45) is -1.60. The van der Waals surface area contributed by atoms with Gasteiger partial charge in [0.05, 0.1) is 17.4 Å². The van der Waals surface area contributed by atoms with E-state index >= 15 is 0 Å². The second-order valence-electron chi connectivity index (χ2n) is 9.86. The van der Waals surface area contributed by atoms with Gasteiger partial charge in [-0.05, 0) is 56.8 Å². The Morgan fingerprint density at radius 3 is 2.34 bits per heavy atom. The molecule has 0 spiro atoms. The van der Waals surface area contributed by atoms with Crippen LogP contribution in [0.15, 0.2) is 18.2 Å². The summed E-state index contributed by atoms with van der Waals surface area (Å²) >= 11 is 0. The quantitative estimate of drug-likeness (QED) is 0.404. The van der Waals surface area contributed by atoms with Crippen molar-refractivity contribution in [1.82, 2.24) is 14.9 Å². The van der Waals surface area contributed by atoms with Gasteiger partial charge in [-0.15, -0.1) is 0 Å². The number of aliphatic hydroxyl groups is 1. The van der Waals surface area contributed by atoms with E-state index in [2.05, 4.69) is 25.5 Å². The molecule has 1 aliphatic carbocycles. The van der Waals surface area contributed by atoms with Crippen LogP contribution >= 0.6 is 0 Å². The molecule has 9 nitrogen and oxygen atoms in total. The number of aliphatic hydroxyl groups excluding tert-OH is 1. The molecule has 1 saturated carbocycles. The predicted octanol–water partition coefficient (Wildman–Crippen LogP) is 3.76. The largest absolute Gasteiger partial charge is 0.418 e. The third kappa shape index (κ3) is 6.47. The fourth-order valence-corrected chi connectivity index (χ4v) is 5.06. The van der Waals surface area contributed by atoms with Crippen molar-refractivity contribution in [1.29, 1.82) is 0 Å². The number of anilines is 4. The summed E-state index contributed by atoms with van der Waals surface area (Å²) in [6.45, 7) is 7.18. The first-order chi connectivity index (χ1) is 18.1. The number of nitrogens with zero attached hydrogens (tertiary/aromatic N) is 4. The molecular formula is C26H36F3N7O2. The van der Waals surface area contributed by atoms with Crippen molar-refractivity contribution in [2.24, 2.45) is 5.73 Å². The van der Waals surface area contributed by atoms with Crippen molar-refractivity contribution in [3.05, 3.63) is 35.2 Å². The summed E-state index contributed by atoms with van der Waals surface area (Å²) in [4.78, 5) is 25.1. The fourth-order valence-electron chi connectivity index (χ4n) is 5.06. The number of rotatable bonds is 8. The Balaban J connectivity index is 1.64. The monoisotopic (exact) mass is 535 g/mol. The van der Waals surface area contributed by atoms with Crippen LogP contribution in [0.1, 0.15) is 61.3 Å². The first kappa shape index (κ1) is 27.9. The maximum Gasteiger partial charge on any atom is 0.418 e. The molecule has 2 aliphatic rings. The molecule has 0 atom stereocenters. The van der Waals surface area contributed by atoms with Crippen molar-refractivity contribution >= 4 is 28.9 Å². The minimum atomic E-state index is -4.57. The number of carbonyl (C=O) groups is 1. The Kier molecular flexibility index (Phi) is 8.61. The zero-order valence-electron chi connectivity index (χ0n) is 21.8. The van der Waals surface area contributed by atoms with E-state index in [1.165, 1.54) is 6.07 Å². The van der Waals surface area contributed by atoms with E-state index in [0.717, 1.165) is 25.5 Å². The predicted molar refractivity (Wildman–Crippen MR) is 141 cm³/mol. The van der Waals surface area contributed by atoms with Crippen molar-refractivity contribution in [2.75, 3.05) is 48.3 Å². The van der Waals surface area contributed by atoms with Crippen LogP contribution in [0, 0.1) is 0 Å². The third-order valence-corrected chi connectivity index (χ3v) is 7.30. The Labute approximate surface area is 220 Å². The average Bonchev–Trinajstić information content (AvgIpc) is 2.89. The number of benzene rings is 1. The molecule has 0 bridgehead atoms. The van der Waals surface area contributed by atoms with Crippen LogP contribution in [-0.2, 0) is 12.6 Å². The molecule has 2 heterocycles. The van der Waals surface area contributed by atoms with E-state index < -0.39 is 17.6 Å². The van der Waals surface area contributed by atoms with Gasteiger partial charge in [0, 0.05) is 43.6 Å². The number of halogens is 3. The lowest BCUT2D eigenvalue weighted by Crippen LogP contribution is -2.46. The Morgan fingerprint density at radius 1 is 1.08 bits per heavy atom. The smallest absolute Gasteiger partial charge is 0.393 e. The Bertz CT molecular complexity index is 1130. The molecular weight excluding hydrogens is 499 g/mol. The minimum Gasteiger partial charge on any atom is -0.393 e. The number of hydrogen-bond donors (Lipinski definition) is 4. The Hall–Kier alpha value is -3.12. The molecule has 2 fully saturated rings. The number of aryl methyl sites for hydroxylation is 1. The van der Waals surface area contributed by atoms with Crippen molar-refractivity contribution in [3.8, 4) is 0 Å². The maximum atomic E-state index is 14.1. The maximum absolute atomic E-state index is 14.1. The molecule has 0 unspecified atom stereocenters. The fraction of sp³-hybridized carbons (Fsp3) is 0.577. The summed E-state index contributed by atoms with van der Waals surface area (Å²) in [5, 5.41) is 16.0. The zero-order chi connectivity index (χ0) is 27.4. The van der Waals surface area contributed by atoms with Crippen LogP contribution in [-0.4, -0.2) is 70.8 Å². The number of aromatic nitrogens is 2. The normalized spacial score (nSPS) is 20.8. The molecule has 5 N–H and O–H groups in total. The Morgan fingerprint density at radius 2 is 1.76 bits per heavy atom. The van der Waals surface area contributed by atoms with Gasteiger partial charge in [-0.3, -0.25) is 4.79 Å². The van der Waals surface area contributed by atoms with Crippen LogP contribution in [0.4, 0.5) is 36.2 Å². The van der Waals surface area contributed by atoms with Gasteiger partial charge in [-0.1, -0.05) is 13.8 Å². The number of carbonyl (C=O) groups excluding carboxylic acids is 1. The standard InChI is InChI=1S/C26H36F3N7O2/c1-3-20-24(31-16-5-8-18(37)9-6-16)34-25(22(33-20)23(30)38)32-17-7-10-21(19(15-17)26(27,28)29)36-13-11-35(4-2)12-14-36/h7,10,15-16,18,37H,3-6,8-9,11-14H2,1-2H3,(H2,30,38)(H2,31,32,34). The van der Waals surface area contributed by atoms with Gasteiger partial charge in [0.15, 0.2) is 11.5 Å². The van der Waals surface area contributed by atoms with E-state index in [1.54, 1.807) is 11.0 Å². The van der Waals surface area contributed by atoms with Gasteiger partial charge in [0.2, 0.25) is 0 Å². The average molecular weight is 536 g/mol. The van der Waals surface area contributed by atoms with Gasteiger partial charge in [-0.2, -0.15) is 13.2 Å². The molecule has 38 heavy (non-hydrogen) atoms. The number of piperazine rings is 1. The minimum absolute atomic E-state index is 0.00882. The van der Waals surface area contributed by atoms with Gasteiger partial charge < -0.3 is 31.3 Å². The topological polar surface area (TPSA) is 120 Å². The highest BCUT2D eigenvalue weighted by molar-refractivity contribution is 5.96. The molecule has 208 valence electrons. The SMILES string of the molecule is CCc1nc(C(N)=O)c(Nc2ccc(N3CCN(CC)CC3)c(C(F)(F)F)c2)nc1NC1CCC(O)CC1. The van der Waals surface area contributed by atoms with E-state index in [4.69, 9.17) is 5.73 Å². The van der Waals surface area contributed by atoms with Gasteiger partial charge in [0.1, 0.15) is 5.82 Å². The summed E-state index contributed by atoms with van der Waals surface area (Å²) < 4.78 is 42.4. The van der Waals surface area contributed by atoms with Gasteiger partial charge in [-0.25, -0.2) is 9.97 Å². The third-order valence-electron chi connectivity index (χ3n) is 7.30. The number of likely N-dealkylation sites (N-methyl/N-ethyl adjacent to an activating group) is 1. The number of nitrogens with one attached hydrogen (secondary N) is 2. The van der Waals surface area contributed by atoms with Gasteiger partial charge >= 0.3 is 6.18 Å². The lowest BCUT2D eigenvalue weighted by Gasteiger charge is -2.36. The number of primary amides is 1. The summed E-state index contributed by atoms with van der Waals surface area (Å²) in [5.41, 5.74) is 5.46. The zero-order valence-corrected chi connectivity index (χ0v) is 21.8. The number of amides is 1. The molecule has 2 aromatic rings. The highest BCUT2D eigenvalue weighted by atomic mass is 19.4. The summed E-state index contributed by atoms with van der Waals surface area (Å²) in [5.74, 6) is -0.392. The number of nitrogens with two attached hydrogens (primary N) is 1. The van der Waals surface area contributed by atoms with Crippen molar-refractivity contribution < 1.29 is 23.1 Å². The number of alkyl halides is 3. The second-order valence-corrected chi connectivity index (χ2v) is 9.86. The number of hydrogen-bond acceptors (Lipinski definition) is 8. The molecule has 0 radical (unpaired) electrons. The summed E-state index contributed by atoms with van der Waals surface area (Å²) in [7, 11) is 0. The van der Waals surface area contributed by atoms with Crippen LogP contribution in [0.5, 0.6) is 0 Å². The first-order valence-electron chi connectivity index (χ1n) is 13.2. The molecule has 1 aromatic carbocycles. The molecule has 1 aliphatic heterocycles. The van der Waals surface area contributed by atoms with E-state index in [1.807, 2.05) is 13.8 Å². The van der Waals surface area contributed by atoms with Gasteiger partial charge in [0.25, 0.3) is 5.91 Å². The van der Waals surface area contributed by atoms with E-state index in [-0.39, 0.29) is 35.0 Å². The van der Waals surface area contributed by atoms with Crippen LogP contribution in [0.2, 0.25) is 0 Å². The highest BCUT2D eigenvalue weighted by Gasteiger charge is 2.36. The van der Waals surface area contributed by atoms with E-state index in [0.29, 0.717) is 57.0 Å². The van der Waals surface area contributed by atoms with Crippen LogP contribution < -0.4 is 21.3 Å². The van der Waals surface area contributed by atoms with Crippen LogP contribution in [0.25, 0.3) is 0 Å². The highest BCUT2D eigenvalue weighted by Crippen LogP contribution is 2.39.